The zero-order valence-electron chi connectivity index (χ0n) is 15.8. The van der Waals surface area contributed by atoms with Gasteiger partial charge in [-0.1, -0.05) is 19.0 Å². The van der Waals surface area contributed by atoms with Crippen LogP contribution >= 0.6 is 0 Å². The third kappa shape index (κ3) is 4.47. The fourth-order valence-electron chi connectivity index (χ4n) is 2.97. The zero-order valence-corrected chi connectivity index (χ0v) is 15.8. The van der Waals surface area contributed by atoms with Gasteiger partial charge in [0.1, 0.15) is 5.76 Å². The zero-order chi connectivity index (χ0) is 19.4. The van der Waals surface area contributed by atoms with Crippen molar-refractivity contribution in [1.82, 2.24) is 25.7 Å². The van der Waals surface area contributed by atoms with Gasteiger partial charge in [0.05, 0.1) is 6.54 Å². The molecule has 27 heavy (non-hydrogen) atoms. The van der Waals surface area contributed by atoms with Gasteiger partial charge >= 0.3 is 6.03 Å². The lowest BCUT2D eigenvalue weighted by atomic mass is 9.97. The lowest BCUT2D eigenvalue weighted by Crippen LogP contribution is -2.43. The molecule has 0 spiro atoms. The Morgan fingerprint density at radius 1 is 1.30 bits per heavy atom. The van der Waals surface area contributed by atoms with Gasteiger partial charge in [0, 0.05) is 32.0 Å². The number of piperidine rings is 1. The molecule has 0 radical (unpaired) electrons. The van der Waals surface area contributed by atoms with Crippen molar-refractivity contribution < 1.29 is 18.5 Å². The Bertz CT molecular complexity index is 789. The Morgan fingerprint density at radius 3 is 2.67 bits per heavy atom. The summed E-state index contributed by atoms with van der Waals surface area (Å²) in [5, 5.41) is 9.32. The number of hydrogen-bond acceptors (Lipinski definition) is 6. The smallest absolute Gasteiger partial charge is 0.317 e. The first-order chi connectivity index (χ1) is 13.0. The Labute approximate surface area is 157 Å². The molecule has 9 heteroatoms. The highest BCUT2D eigenvalue weighted by atomic mass is 16.5. The van der Waals surface area contributed by atoms with Crippen LogP contribution in [0.4, 0.5) is 4.79 Å². The van der Waals surface area contributed by atoms with Crippen LogP contribution in [-0.4, -0.2) is 47.1 Å². The highest BCUT2D eigenvalue weighted by molar-refractivity contribution is 5.91. The number of rotatable bonds is 5. The Hall–Kier alpha value is -2.84. The van der Waals surface area contributed by atoms with E-state index in [0.717, 1.165) is 18.7 Å². The molecule has 1 saturated heterocycles. The summed E-state index contributed by atoms with van der Waals surface area (Å²) >= 11 is 0. The summed E-state index contributed by atoms with van der Waals surface area (Å²) < 4.78 is 10.8. The molecule has 3 amide bonds. The second-order valence-electron chi connectivity index (χ2n) is 6.91. The summed E-state index contributed by atoms with van der Waals surface area (Å²) in [6, 6.07) is 3.11. The van der Waals surface area contributed by atoms with Gasteiger partial charge in [0.15, 0.2) is 11.6 Å². The normalized spacial score (nSPS) is 15.2. The Morgan fingerprint density at radius 2 is 2.04 bits per heavy atom. The maximum Gasteiger partial charge on any atom is 0.317 e. The molecule has 0 saturated carbocycles. The Balaban J connectivity index is 1.46. The van der Waals surface area contributed by atoms with Crippen molar-refractivity contribution in [2.75, 3.05) is 20.1 Å². The molecule has 0 bridgehead atoms. The van der Waals surface area contributed by atoms with E-state index in [4.69, 9.17) is 8.94 Å². The van der Waals surface area contributed by atoms with Crippen molar-refractivity contribution in [1.29, 1.82) is 0 Å². The highest BCUT2D eigenvalue weighted by Gasteiger charge is 2.27. The number of hydrogen-bond donors (Lipinski definition) is 2. The molecule has 1 aliphatic rings. The van der Waals surface area contributed by atoms with Crippen molar-refractivity contribution in [3.05, 3.63) is 35.4 Å². The predicted octanol–water partition coefficient (Wildman–Crippen LogP) is 2.23. The maximum absolute atomic E-state index is 12.3. The number of nitrogens with one attached hydrogen (secondary N) is 2. The van der Waals surface area contributed by atoms with Crippen LogP contribution in [-0.2, 0) is 6.54 Å². The number of furan rings is 1. The van der Waals surface area contributed by atoms with Crippen molar-refractivity contribution in [2.45, 2.75) is 45.1 Å². The fourth-order valence-corrected chi connectivity index (χ4v) is 2.97. The number of carbonyl (C=O) groups excluding carboxylic acids is 2. The largest absolute Gasteiger partial charge is 0.454 e. The van der Waals surface area contributed by atoms with Crippen LogP contribution in [0, 0.1) is 0 Å². The van der Waals surface area contributed by atoms with Crippen LogP contribution in [0.2, 0.25) is 0 Å². The fraction of sp³-hybridized carbons (Fsp3) is 0.556. The second kappa shape index (κ2) is 8.24. The number of amides is 3. The molecular formula is C18H25N5O4. The third-order valence-corrected chi connectivity index (χ3v) is 4.63. The monoisotopic (exact) mass is 375 g/mol. The second-order valence-corrected chi connectivity index (χ2v) is 6.91. The van der Waals surface area contributed by atoms with E-state index in [-0.39, 0.29) is 36.1 Å². The minimum Gasteiger partial charge on any atom is -0.454 e. The average Bonchev–Trinajstić information content (AvgIpc) is 3.35. The highest BCUT2D eigenvalue weighted by Crippen LogP contribution is 2.27. The van der Waals surface area contributed by atoms with Crippen LogP contribution < -0.4 is 10.6 Å². The van der Waals surface area contributed by atoms with Crippen LogP contribution in [0.3, 0.4) is 0 Å². The maximum atomic E-state index is 12.3. The first kappa shape index (κ1) is 18.9. The summed E-state index contributed by atoms with van der Waals surface area (Å²) in [6.07, 6.45) is 1.57. The van der Waals surface area contributed by atoms with Gasteiger partial charge < -0.3 is 24.5 Å². The molecule has 0 unspecified atom stereocenters. The number of urea groups is 1. The van der Waals surface area contributed by atoms with Crippen LogP contribution in [0.25, 0.3) is 0 Å². The standard InChI is InChI=1S/C18H25N5O4/c1-11(2)15-21-17(27-22-15)12-6-8-23(9-7-12)18(25)20-10-13-4-5-14(26-13)16(24)19-3/h4-5,11-12H,6-10H2,1-3H3,(H,19,24)(H,20,25). The Kier molecular flexibility index (Phi) is 5.78. The topological polar surface area (TPSA) is 114 Å². The van der Waals surface area contributed by atoms with E-state index in [1.54, 1.807) is 17.0 Å². The molecule has 2 N–H and O–H groups in total. The van der Waals surface area contributed by atoms with E-state index in [2.05, 4.69) is 20.8 Å². The molecule has 9 nitrogen and oxygen atoms in total. The molecule has 0 aromatic carbocycles. The van der Waals surface area contributed by atoms with Crippen LogP contribution in [0.5, 0.6) is 0 Å². The lowest BCUT2D eigenvalue weighted by Gasteiger charge is -2.30. The summed E-state index contributed by atoms with van der Waals surface area (Å²) in [4.78, 5) is 30.1. The molecule has 3 rings (SSSR count). The molecule has 1 fully saturated rings. The van der Waals surface area contributed by atoms with E-state index in [9.17, 15) is 9.59 Å². The first-order valence-electron chi connectivity index (χ1n) is 9.15. The van der Waals surface area contributed by atoms with Gasteiger partial charge in [-0.15, -0.1) is 0 Å². The molecular weight excluding hydrogens is 350 g/mol. The van der Waals surface area contributed by atoms with E-state index in [1.807, 2.05) is 13.8 Å². The van der Waals surface area contributed by atoms with Crippen LogP contribution in [0.15, 0.2) is 21.1 Å². The van der Waals surface area contributed by atoms with Crippen molar-refractivity contribution in [3.63, 3.8) is 0 Å². The molecule has 146 valence electrons. The van der Waals surface area contributed by atoms with Gasteiger partial charge in [-0.3, -0.25) is 4.79 Å². The number of nitrogens with zero attached hydrogens (tertiary/aromatic N) is 3. The summed E-state index contributed by atoms with van der Waals surface area (Å²) in [6.45, 7) is 5.53. The number of aromatic nitrogens is 2. The lowest BCUT2D eigenvalue weighted by molar-refractivity contribution is 0.0933. The van der Waals surface area contributed by atoms with Crippen molar-refractivity contribution in [3.8, 4) is 0 Å². The van der Waals surface area contributed by atoms with E-state index in [0.29, 0.717) is 24.7 Å². The van der Waals surface area contributed by atoms with E-state index in [1.165, 1.54) is 7.05 Å². The van der Waals surface area contributed by atoms with E-state index >= 15 is 0 Å². The predicted molar refractivity (Wildman–Crippen MR) is 96.3 cm³/mol. The average molecular weight is 375 g/mol. The van der Waals surface area contributed by atoms with Gasteiger partial charge in [0.2, 0.25) is 5.89 Å². The SMILES string of the molecule is CNC(=O)c1ccc(CNC(=O)N2CCC(c3nc(C(C)C)no3)CC2)o1. The van der Waals surface area contributed by atoms with E-state index < -0.39 is 0 Å². The summed E-state index contributed by atoms with van der Waals surface area (Å²) in [5.41, 5.74) is 0. The molecule has 0 aliphatic carbocycles. The van der Waals surface area contributed by atoms with Crippen LogP contribution in [0.1, 0.15) is 66.6 Å². The molecule has 3 heterocycles. The number of carbonyl (C=O) groups is 2. The van der Waals surface area contributed by atoms with Gasteiger partial charge in [0.25, 0.3) is 5.91 Å². The molecule has 0 atom stereocenters. The summed E-state index contributed by atoms with van der Waals surface area (Å²) in [5.74, 6) is 2.27. The minimum absolute atomic E-state index is 0.153. The third-order valence-electron chi connectivity index (χ3n) is 4.63. The number of likely N-dealkylation sites (tertiary alicyclic amines) is 1. The van der Waals surface area contributed by atoms with Gasteiger partial charge in [-0.2, -0.15) is 4.98 Å². The van der Waals surface area contributed by atoms with Gasteiger partial charge in [-0.05, 0) is 25.0 Å². The quantitative estimate of drug-likeness (QED) is 0.828. The van der Waals surface area contributed by atoms with Crippen molar-refractivity contribution in [2.24, 2.45) is 0 Å². The van der Waals surface area contributed by atoms with Gasteiger partial charge in [-0.25, -0.2) is 4.79 Å². The molecule has 2 aromatic rings. The molecule has 2 aromatic heterocycles. The minimum atomic E-state index is -0.295. The first-order valence-corrected chi connectivity index (χ1v) is 9.15. The molecule has 1 aliphatic heterocycles. The van der Waals surface area contributed by atoms with Crippen molar-refractivity contribution >= 4 is 11.9 Å². The summed E-state index contributed by atoms with van der Waals surface area (Å²) in [7, 11) is 1.54.